The van der Waals surface area contributed by atoms with Gasteiger partial charge in [0.25, 0.3) is 5.91 Å². The maximum absolute atomic E-state index is 12.5. The summed E-state index contributed by atoms with van der Waals surface area (Å²) < 4.78 is 1.86. The van der Waals surface area contributed by atoms with E-state index in [1.165, 1.54) is 11.8 Å². The largest absolute Gasteiger partial charge is 0.342 e. The van der Waals surface area contributed by atoms with Crippen LogP contribution in [0.4, 0.5) is 5.69 Å². The van der Waals surface area contributed by atoms with Crippen molar-refractivity contribution in [1.29, 1.82) is 0 Å². The molecule has 11 heteroatoms. The number of hydrogen-bond donors (Lipinski definition) is 2. The highest BCUT2D eigenvalue weighted by molar-refractivity contribution is 7.99. The number of thioether (sulfide) groups is 1. The molecule has 3 rings (SSSR count). The van der Waals surface area contributed by atoms with Crippen molar-refractivity contribution in [2.75, 3.05) is 11.1 Å². The number of nitrogens with one attached hydrogen (secondary N) is 2. The standard InChI is InChI=1S/C21H20Cl3N5O2S/c1-3-29-19(12(2)25-20(31)13-4-6-14(22)7-5-13)27-28-21(29)32-11-18(30)26-17-10-15(23)8-9-16(17)24/h4-10,12H,3,11H2,1-2H3,(H,25,31)(H,26,30)/t12-/m0/s1. The molecule has 0 fully saturated rings. The summed E-state index contributed by atoms with van der Waals surface area (Å²) in [4.78, 5) is 24.9. The average molecular weight is 513 g/mol. The van der Waals surface area contributed by atoms with Crippen LogP contribution in [0.25, 0.3) is 0 Å². The van der Waals surface area contributed by atoms with Crippen molar-refractivity contribution in [2.24, 2.45) is 0 Å². The molecule has 2 amide bonds. The molecule has 0 aliphatic heterocycles. The monoisotopic (exact) mass is 511 g/mol. The molecule has 32 heavy (non-hydrogen) atoms. The molecule has 2 N–H and O–H groups in total. The molecule has 1 atom stereocenters. The molecule has 2 aromatic carbocycles. The number of aromatic nitrogens is 3. The number of carbonyl (C=O) groups is 2. The van der Waals surface area contributed by atoms with Gasteiger partial charge in [0.1, 0.15) is 0 Å². The fraction of sp³-hybridized carbons (Fsp3) is 0.238. The first kappa shape index (κ1) is 24.4. The van der Waals surface area contributed by atoms with E-state index in [-0.39, 0.29) is 23.6 Å². The highest BCUT2D eigenvalue weighted by atomic mass is 35.5. The lowest BCUT2D eigenvalue weighted by Crippen LogP contribution is -2.28. The Morgan fingerprint density at radius 2 is 1.75 bits per heavy atom. The summed E-state index contributed by atoms with van der Waals surface area (Å²) in [5.41, 5.74) is 0.940. The van der Waals surface area contributed by atoms with Crippen LogP contribution in [0.2, 0.25) is 15.1 Å². The summed E-state index contributed by atoms with van der Waals surface area (Å²) in [5, 5.41) is 16.1. The molecule has 1 heterocycles. The Bertz CT molecular complexity index is 1120. The van der Waals surface area contributed by atoms with Crippen molar-refractivity contribution in [3.05, 3.63) is 68.9 Å². The fourth-order valence-electron chi connectivity index (χ4n) is 2.88. The average Bonchev–Trinajstić information content (AvgIpc) is 3.18. The van der Waals surface area contributed by atoms with Gasteiger partial charge in [0.05, 0.1) is 22.5 Å². The molecule has 0 saturated heterocycles. The lowest BCUT2D eigenvalue weighted by Gasteiger charge is -2.15. The second kappa shape index (κ2) is 11.0. The van der Waals surface area contributed by atoms with Crippen LogP contribution in [0.1, 0.15) is 36.1 Å². The molecule has 168 valence electrons. The van der Waals surface area contributed by atoms with Crippen molar-refractivity contribution in [3.63, 3.8) is 0 Å². The number of nitrogens with zero attached hydrogens (tertiary/aromatic N) is 3. The normalized spacial score (nSPS) is 11.8. The van der Waals surface area contributed by atoms with Gasteiger partial charge in [0.15, 0.2) is 11.0 Å². The van der Waals surface area contributed by atoms with Crippen LogP contribution in [0.3, 0.4) is 0 Å². The van der Waals surface area contributed by atoms with Crippen LogP contribution in [-0.4, -0.2) is 32.3 Å². The molecule has 0 aliphatic rings. The summed E-state index contributed by atoms with van der Waals surface area (Å²) in [7, 11) is 0. The summed E-state index contributed by atoms with van der Waals surface area (Å²) in [6.07, 6.45) is 0. The zero-order chi connectivity index (χ0) is 23.3. The van der Waals surface area contributed by atoms with Gasteiger partial charge in [0.2, 0.25) is 5.91 Å². The number of rotatable bonds is 8. The highest BCUT2D eigenvalue weighted by Gasteiger charge is 2.20. The van der Waals surface area contributed by atoms with Gasteiger partial charge in [-0.05, 0) is 56.3 Å². The smallest absolute Gasteiger partial charge is 0.251 e. The minimum Gasteiger partial charge on any atom is -0.342 e. The SMILES string of the molecule is CCn1c(SCC(=O)Nc2cc(Cl)ccc2Cl)nnc1[C@H](C)NC(=O)c1ccc(Cl)cc1. The van der Waals surface area contributed by atoms with Crippen molar-refractivity contribution in [1.82, 2.24) is 20.1 Å². The Kier molecular flexibility index (Phi) is 8.42. The molecular weight excluding hydrogens is 493 g/mol. The maximum atomic E-state index is 12.5. The Morgan fingerprint density at radius 3 is 2.44 bits per heavy atom. The van der Waals surface area contributed by atoms with Crippen LogP contribution >= 0.6 is 46.6 Å². The number of halogens is 3. The third-order valence-corrected chi connectivity index (χ3v) is 6.22. The molecule has 1 aromatic heterocycles. The minimum absolute atomic E-state index is 0.104. The molecular formula is C21H20Cl3N5O2S. The van der Waals surface area contributed by atoms with Crippen LogP contribution in [0, 0.1) is 0 Å². The molecule has 0 saturated carbocycles. The van der Waals surface area contributed by atoms with E-state index in [1.807, 2.05) is 18.4 Å². The van der Waals surface area contributed by atoms with Crippen LogP contribution in [0.15, 0.2) is 47.6 Å². The summed E-state index contributed by atoms with van der Waals surface area (Å²) in [6.45, 7) is 4.34. The zero-order valence-electron chi connectivity index (χ0n) is 17.2. The maximum Gasteiger partial charge on any atom is 0.251 e. The summed E-state index contributed by atoms with van der Waals surface area (Å²) in [5.74, 6) is 0.199. The number of benzene rings is 2. The second-order valence-corrected chi connectivity index (χ2v) is 8.97. The number of carbonyl (C=O) groups excluding carboxylic acids is 2. The van der Waals surface area contributed by atoms with E-state index in [1.54, 1.807) is 42.5 Å². The molecule has 0 bridgehead atoms. The van der Waals surface area contributed by atoms with E-state index < -0.39 is 0 Å². The second-order valence-electron chi connectivity index (χ2n) is 6.75. The van der Waals surface area contributed by atoms with Gasteiger partial charge in [-0.3, -0.25) is 9.59 Å². The third-order valence-electron chi connectivity index (χ3n) is 4.44. The third kappa shape index (κ3) is 6.16. The topological polar surface area (TPSA) is 88.9 Å². The van der Waals surface area contributed by atoms with E-state index in [9.17, 15) is 9.59 Å². The highest BCUT2D eigenvalue weighted by Crippen LogP contribution is 2.26. The molecule has 0 radical (unpaired) electrons. The number of anilines is 1. The molecule has 7 nitrogen and oxygen atoms in total. The first-order chi connectivity index (χ1) is 15.3. The van der Waals surface area contributed by atoms with E-state index in [0.717, 1.165) is 0 Å². The molecule has 3 aromatic rings. The van der Waals surface area contributed by atoms with Gasteiger partial charge in [-0.1, -0.05) is 46.6 Å². The number of hydrogen-bond acceptors (Lipinski definition) is 5. The van der Waals surface area contributed by atoms with Crippen LogP contribution < -0.4 is 10.6 Å². The first-order valence-corrected chi connectivity index (χ1v) is 11.8. The predicted octanol–water partition coefficient (Wildman–Crippen LogP) is 5.48. The predicted molar refractivity (Wildman–Crippen MR) is 129 cm³/mol. The van der Waals surface area contributed by atoms with Crippen molar-refractivity contribution >= 4 is 64.1 Å². The Labute approximate surface area is 204 Å². The van der Waals surface area contributed by atoms with Gasteiger partial charge in [0, 0.05) is 22.2 Å². The number of amides is 2. The van der Waals surface area contributed by atoms with Gasteiger partial charge >= 0.3 is 0 Å². The van der Waals surface area contributed by atoms with Gasteiger partial charge < -0.3 is 15.2 Å². The lowest BCUT2D eigenvalue weighted by atomic mass is 10.2. The van der Waals surface area contributed by atoms with E-state index in [2.05, 4.69) is 20.8 Å². The first-order valence-electron chi connectivity index (χ1n) is 9.65. The van der Waals surface area contributed by atoms with Crippen molar-refractivity contribution in [3.8, 4) is 0 Å². The zero-order valence-corrected chi connectivity index (χ0v) is 20.3. The van der Waals surface area contributed by atoms with Crippen LogP contribution in [0.5, 0.6) is 0 Å². The Balaban J connectivity index is 1.63. The van der Waals surface area contributed by atoms with Crippen molar-refractivity contribution < 1.29 is 9.59 Å². The Hall–Kier alpha value is -2.26. The molecule has 0 unspecified atom stereocenters. The quantitative estimate of drug-likeness (QED) is 0.390. The van der Waals surface area contributed by atoms with Gasteiger partial charge in [-0.15, -0.1) is 10.2 Å². The van der Waals surface area contributed by atoms with E-state index in [4.69, 9.17) is 34.8 Å². The van der Waals surface area contributed by atoms with Crippen LogP contribution in [-0.2, 0) is 11.3 Å². The van der Waals surface area contributed by atoms with Gasteiger partial charge in [-0.2, -0.15) is 0 Å². The van der Waals surface area contributed by atoms with E-state index >= 15 is 0 Å². The molecule has 0 aliphatic carbocycles. The Morgan fingerprint density at radius 1 is 1.06 bits per heavy atom. The van der Waals surface area contributed by atoms with Crippen molar-refractivity contribution in [2.45, 2.75) is 31.6 Å². The summed E-state index contributed by atoms with van der Waals surface area (Å²) in [6, 6.07) is 11.1. The van der Waals surface area contributed by atoms with Gasteiger partial charge in [-0.25, -0.2) is 0 Å². The fourth-order valence-corrected chi connectivity index (χ4v) is 4.15. The van der Waals surface area contributed by atoms with E-state index in [0.29, 0.717) is 43.8 Å². The summed E-state index contributed by atoms with van der Waals surface area (Å²) >= 11 is 19.2. The lowest BCUT2D eigenvalue weighted by molar-refractivity contribution is -0.113. The molecule has 0 spiro atoms. The minimum atomic E-state index is -0.390.